The van der Waals surface area contributed by atoms with Gasteiger partial charge in [0.2, 0.25) is 0 Å². The van der Waals surface area contributed by atoms with Gasteiger partial charge >= 0.3 is 0 Å². The van der Waals surface area contributed by atoms with E-state index in [1.807, 2.05) is 13.0 Å². The molecule has 0 spiro atoms. The topological polar surface area (TPSA) is 50.9 Å². The van der Waals surface area contributed by atoms with E-state index in [4.69, 9.17) is 5.84 Å². The minimum atomic E-state index is 0.0544. The van der Waals surface area contributed by atoms with Gasteiger partial charge in [-0.3, -0.25) is 11.3 Å². The summed E-state index contributed by atoms with van der Waals surface area (Å²) < 4.78 is 2.06. The molecule has 1 unspecified atom stereocenters. The molecule has 1 heterocycles. The highest BCUT2D eigenvalue weighted by molar-refractivity contribution is 9.11. The van der Waals surface area contributed by atoms with Crippen LogP contribution in [0.15, 0.2) is 27.1 Å². The highest BCUT2D eigenvalue weighted by Gasteiger charge is 2.15. The fraction of sp³-hybridized carbons (Fsp3) is 0.308. The molecule has 0 saturated heterocycles. The number of hydrogen-bond acceptors (Lipinski definition) is 4. The molecule has 0 amide bonds. The van der Waals surface area contributed by atoms with Crippen LogP contribution in [0.4, 0.5) is 0 Å². The van der Waals surface area contributed by atoms with Crippen LogP contribution in [0.5, 0.6) is 0 Å². The Labute approximate surface area is 133 Å². The van der Waals surface area contributed by atoms with Crippen LogP contribution in [0.2, 0.25) is 0 Å². The highest BCUT2D eigenvalue weighted by Crippen LogP contribution is 2.27. The number of nitrogens with one attached hydrogen (secondary N) is 1. The van der Waals surface area contributed by atoms with Crippen LogP contribution in [0, 0.1) is 13.8 Å². The Kier molecular flexibility index (Phi) is 5.14. The maximum atomic E-state index is 5.69. The van der Waals surface area contributed by atoms with Crippen molar-refractivity contribution in [1.82, 2.24) is 10.4 Å². The van der Waals surface area contributed by atoms with E-state index in [1.54, 1.807) is 11.3 Å². The van der Waals surface area contributed by atoms with E-state index in [1.165, 1.54) is 4.88 Å². The van der Waals surface area contributed by atoms with E-state index in [-0.39, 0.29) is 6.04 Å². The van der Waals surface area contributed by atoms with Gasteiger partial charge in [-0.25, -0.2) is 4.98 Å². The van der Waals surface area contributed by atoms with Crippen LogP contribution >= 0.6 is 43.2 Å². The fourth-order valence-corrected chi connectivity index (χ4v) is 4.16. The molecule has 102 valence electrons. The Morgan fingerprint density at radius 2 is 1.89 bits per heavy atom. The summed E-state index contributed by atoms with van der Waals surface area (Å²) in [7, 11) is 0. The summed E-state index contributed by atoms with van der Waals surface area (Å²) in [5.74, 6) is 5.69. The number of thiazole rings is 1. The molecule has 0 saturated carbocycles. The first-order valence-corrected chi connectivity index (χ1v) is 8.25. The lowest BCUT2D eigenvalue weighted by Gasteiger charge is -2.15. The molecule has 1 atom stereocenters. The number of benzene rings is 1. The Hall–Kier alpha value is -0.270. The summed E-state index contributed by atoms with van der Waals surface area (Å²) >= 11 is 8.73. The van der Waals surface area contributed by atoms with Gasteiger partial charge in [0.1, 0.15) is 0 Å². The third-order valence-electron chi connectivity index (χ3n) is 2.94. The van der Waals surface area contributed by atoms with E-state index in [9.17, 15) is 0 Å². The molecule has 1 aromatic heterocycles. The van der Waals surface area contributed by atoms with Gasteiger partial charge in [-0.15, -0.1) is 11.3 Å². The Morgan fingerprint density at radius 3 is 2.37 bits per heavy atom. The molecule has 0 radical (unpaired) electrons. The van der Waals surface area contributed by atoms with Crippen molar-refractivity contribution in [3.8, 4) is 0 Å². The molecule has 6 heteroatoms. The molecule has 0 fully saturated rings. The summed E-state index contributed by atoms with van der Waals surface area (Å²) in [6.45, 7) is 4.13. The summed E-state index contributed by atoms with van der Waals surface area (Å²) in [5, 5.41) is 1.11. The van der Waals surface area contributed by atoms with Crippen molar-refractivity contribution in [3.63, 3.8) is 0 Å². The Morgan fingerprint density at radius 1 is 1.26 bits per heavy atom. The van der Waals surface area contributed by atoms with Gasteiger partial charge in [0.05, 0.1) is 16.7 Å². The SMILES string of the molecule is Cc1nc(CC(NN)c2cc(Br)cc(Br)c2)sc1C. The molecule has 3 N–H and O–H groups in total. The number of hydrogen-bond donors (Lipinski definition) is 2. The van der Waals surface area contributed by atoms with Crippen molar-refractivity contribution >= 4 is 43.2 Å². The zero-order chi connectivity index (χ0) is 14.0. The molecule has 1 aromatic carbocycles. The number of aromatic nitrogens is 1. The predicted molar refractivity (Wildman–Crippen MR) is 87.2 cm³/mol. The van der Waals surface area contributed by atoms with E-state index >= 15 is 0 Å². The van der Waals surface area contributed by atoms with Gasteiger partial charge in [0.25, 0.3) is 0 Å². The molecule has 3 nitrogen and oxygen atoms in total. The standard InChI is InChI=1S/C13H15Br2N3S/c1-7-8(2)19-13(17-7)6-12(18-16)9-3-10(14)5-11(15)4-9/h3-5,12,18H,6,16H2,1-2H3. The first kappa shape index (κ1) is 15.1. The largest absolute Gasteiger partial charge is 0.271 e. The van der Waals surface area contributed by atoms with Crippen molar-refractivity contribution in [3.05, 3.63) is 48.3 Å². The second-order valence-corrected chi connectivity index (χ2v) is 7.49. The molecule has 0 aliphatic rings. The summed E-state index contributed by atoms with van der Waals surface area (Å²) in [6.07, 6.45) is 0.790. The van der Waals surface area contributed by atoms with Crippen LogP contribution in [0.1, 0.15) is 27.2 Å². The number of rotatable bonds is 4. The van der Waals surface area contributed by atoms with Crippen molar-refractivity contribution in [2.75, 3.05) is 0 Å². The molecular weight excluding hydrogens is 390 g/mol. The summed E-state index contributed by atoms with van der Waals surface area (Å²) in [6, 6.07) is 6.21. The minimum absolute atomic E-state index is 0.0544. The number of hydrazine groups is 1. The lowest BCUT2D eigenvalue weighted by Crippen LogP contribution is -2.29. The monoisotopic (exact) mass is 403 g/mol. The highest BCUT2D eigenvalue weighted by atomic mass is 79.9. The van der Waals surface area contributed by atoms with Crippen LogP contribution in [0.3, 0.4) is 0 Å². The number of nitrogens with two attached hydrogens (primary N) is 1. The van der Waals surface area contributed by atoms with Gasteiger partial charge in [0, 0.05) is 20.2 Å². The van der Waals surface area contributed by atoms with Gasteiger partial charge in [-0.2, -0.15) is 0 Å². The molecule has 0 aliphatic carbocycles. The average Bonchev–Trinajstić information content (AvgIpc) is 2.64. The van der Waals surface area contributed by atoms with Crippen molar-refractivity contribution in [1.29, 1.82) is 0 Å². The minimum Gasteiger partial charge on any atom is -0.271 e. The van der Waals surface area contributed by atoms with E-state index in [0.29, 0.717) is 0 Å². The zero-order valence-electron chi connectivity index (χ0n) is 10.7. The molecule has 2 rings (SSSR count). The second kappa shape index (κ2) is 6.45. The van der Waals surface area contributed by atoms with E-state index < -0.39 is 0 Å². The summed E-state index contributed by atoms with van der Waals surface area (Å²) in [5.41, 5.74) is 5.11. The number of nitrogens with zero attached hydrogens (tertiary/aromatic N) is 1. The Balaban J connectivity index is 2.24. The van der Waals surface area contributed by atoms with Gasteiger partial charge in [-0.1, -0.05) is 31.9 Å². The molecular formula is C13H15Br2N3S. The lowest BCUT2D eigenvalue weighted by atomic mass is 10.1. The van der Waals surface area contributed by atoms with Crippen LogP contribution in [0.25, 0.3) is 0 Å². The van der Waals surface area contributed by atoms with Gasteiger partial charge < -0.3 is 0 Å². The fourth-order valence-electron chi connectivity index (χ4n) is 1.85. The summed E-state index contributed by atoms with van der Waals surface area (Å²) in [4.78, 5) is 5.83. The quantitative estimate of drug-likeness (QED) is 0.597. The second-order valence-electron chi connectivity index (χ2n) is 4.38. The predicted octanol–water partition coefficient (Wildman–Crippen LogP) is 4.03. The third kappa shape index (κ3) is 3.86. The van der Waals surface area contributed by atoms with Crippen molar-refractivity contribution < 1.29 is 0 Å². The number of aryl methyl sites for hydroxylation is 2. The zero-order valence-corrected chi connectivity index (χ0v) is 14.7. The molecule has 0 bridgehead atoms. The average molecular weight is 405 g/mol. The third-order valence-corrected chi connectivity index (χ3v) is 4.95. The lowest BCUT2D eigenvalue weighted by molar-refractivity contribution is 0.550. The molecule has 0 aliphatic heterocycles. The van der Waals surface area contributed by atoms with Crippen molar-refractivity contribution in [2.24, 2.45) is 5.84 Å². The Bertz CT molecular complexity index is 544. The maximum absolute atomic E-state index is 5.69. The first-order chi connectivity index (χ1) is 8.99. The van der Waals surface area contributed by atoms with E-state index in [2.05, 4.69) is 61.3 Å². The van der Waals surface area contributed by atoms with Crippen LogP contribution in [-0.2, 0) is 6.42 Å². The first-order valence-electron chi connectivity index (χ1n) is 5.84. The van der Waals surface area contributed by atoms with Gasteiger partial charge in [-0.05, 0) is 37.6 Å². The maximum Gasteiger partial charge on any atom is 0.0950 e. The normalized spacial score (nSPS) is 12.7. The van der Waals surface area contributed by atoms with Crippen LogP contribution < -0.4 is 11.3 Å². The van der Waals surface area contributed by atoms with Crippen LogP contribution in [-0.4, -0.2) is 4.98 Å². The molecule has 19 heavy (non-hydrogen) atoms. The van der Waals surface area contributed by atoms with Gasteiger partial charge in [0.15, 0.2) is 0 Å². The number of halogens is 2. The van der Waals surface area contributed by atoms with E-state index in [0.717, 1.165) is 31.6 Å². The smallest absolute Gasteiger partial charge is 0.0950 e. The van der Waals surface area contributed by atoms with Crippen molar-refractivity contribution in [2.45, 2.75) is 26.3 Å². The molecule has 2 aromatic rings.